The van der Waals surface area contributed by atoms with Crippen molar-refractivity contribution in [2.75, 3.05) is 0 Å². The molecular formula is C7H12S. The van der Waals surface area contributed by atoms with E-state index in [-0.39, 0.29) is 0 Å². The topological polar surface area (TPSA) is 0 Å². The molecule has 0 nitrogen and oxygen atoms in total. The van der Waals surface area contributed by atoms with Crippen molar-refractivity contribution in [3.8, 4) is 0 Å². The fraction of sp³-hybridized carbons (Fsp3) is 0.571. The van der Waals surface area contributed by atoms with Crippen LogP contribution in [-0.4, -0.2) is 4.86 Å². The van der Waals surface area contributed by atoms with E-state index in [1.54, 1.807) is 0 Å². The van der Waals surface area contributed by atoms with E-state index in [1.807, 2.05) is 13.8 Å². The van der Waals surface area contributed by atoms with Gasteiger partial charge in [0.05, 0.1) is 0 Å². The van der Waals surface area contributed by atoms with Crippen molar-refractivity contribution < 1.29 is 0 Å². The molecule has 0 N–H and O–H groups in total. The van der Waals surface area contributed by atoms with Crippen molar-refractivity contribution in [2.45, 2.75) is 27.2 Å². The summed E-state index contributed by atoms with van der Waals surface area (Å²) in [4.78, 5) is 1.02. The molecule has 0 atom stereocenters. The first-order chi connectivity index (χ1) is 3.72. The van der Waals surface area contributed by atoms with Crippen LogP contribution in [0.25, 0.3) is 0 Å². The molecule has 1 heteroatoms. The smallest absolute Gasteiger partial charge is 0.0149 e. The van der Waals surface area contributed by atoms with Gasteiger partial charge >= 0.3 is 0 Å². The van der Waals surface area contributed by atoms with Crippen molar-refractivity contribution in [3.63, 3.8) is 0 Å². The lowest BCUT2D eigenvalue weighted by Crippen LogP contribution is -1.89. The van der Waals surface area contributed by atoms with Crippen LogP contribution in [-0.2, 0) is 0 Å². The van der Waals surface area contributed by atoms with Gasteiger partial charge in [0.25, 0.3) is 0 Å². The summed E-state index contributed by atoms with van der Waals surface area (Å²) in [6, 6.07) is 0. The zero-order valence-electron chi connectivity index (χ0n) is 5.69. The molecule has 0 aromatic carbocycles. The van der Waals surface area contributed by atoms with E-state index >= 15 is 0 Å². The van der Waals surface area contributed by atoms with Crippen molar-refractivity contribution in [1.29, 1.82) is 0 Å². The summed E-state index contributed by atoms with van der Waals surface area (Å²) in [5.74, 6) is 0. The molecule has 0 amide bonds. The highest BCUT2D eigenvalue weighted by atomic mass is 32.1. The molecule has 0 heterocycles. The molecule has 0 saturated carbocycles. The van der Waals surface area contributed by atoms with Gasteiger partial charge in [0.15, 0.2) is 0 Å². The monoisotopic (exact) mass is 128 g/mol. The predicted molar refractivity (Wildman–Crippen MR) is 42.3 cm³/mol. The van der Waals surface area contributed by atoms with Crippen LogP contribution in [0.4, 0.5) is 0 Å². The SMILES string of the molecule is CC=C(CC)C(C)=S. The van der Waals surface area contributed by atoms with E-state index in [2.05, 4.69) is 13.0 Å². The Morgan fingerprint density at radius 3 is 2.12 bits per heavy atom. The minimum absolute atomic E-state index is 1.02. The van der Waals surface area contributed by atoms with E-state index in [4.69, 9.17) is 12.2 Å². The molecule has 0 unspecified atom stereocenters. The van der Waals surface area contributed by atoms with Crippen LogP contribution in [0.2, 0.25) is 0 Å². The third kappa shape index (κ3) is 2.22. The molecule has 46 valence electrons. The number of thiocarbonyl (C=S) groups is 1. The predicted octanol–water partition coefficient (Wildman–Crippen LogP) is 2.73. The molecule has 0 aliphatic rings. The van der Waals surface area contributed by atoms with E-state index in [0.717, 1.165) is 11.3 Å². The minimum atomic E-state index is 1.02. The summed E-state index contributed by atoms with van der Waals surface area (Å²) in [6.45, 7) is 6.11. The second-order valence-corrected chi connectivity index (χ2v) is 2.34. The first-order valence-corrected chi connectivity index (χ1v) is 3.29. The molecule has 0 aliphatic carbocycles. The molecule has 0 fully saturated rings. The van der Waals surface area contributed by atoms with Gasteiger partial charge < -0.3 is 0 Å². The number of rotatable bonds is 2. The van der Waals surface area contributed by atoms with Crippen LogP contribution >= 0.6 is 12.2 Å². The summed E-state index contributed by atoms with van der Waals surface area (Å²) in [5.41, 5.74) is 1.29. The summed E-state index contributed by atoms with van der Waals surface area (Å²) < 4.78 is 0. The molecule has 0 aliphatic heterocycles. The van der Waals surface area contributed by atoms with Crippen molar-refractivity contribution >= 4 is 17.1 Å². The molecule has 0 rings (SSSR count). The van der Waals surface area contributed by atoms with Gasteiger partial charge in [0.2, 0.25) is 0 Å². The Kier molecular flexibility index (Phi) is 3.71. The molecule has 0 bridgehead atoms. The van der Waals surface area contributed by atoms with Crippen molar-refractivity contribution in [3.05, 3.63) is 11.6 Å². The molecular weight excluding hydrogens is 116 g/mol. The molecule has 0 radical (unpaired) electrons. The highest BCUT2D eigenvalue weighted by Crippen LogP contribution is 2.01. The van der Waals surface area contributed by atoms with Crippen molar-refractivity contribution in [2.24, 2.45) is 0 Å². The first-order valence-electron chi connectivity index (χ1n) is 2.88. The Hall–Kier alpha value is -0.170. The summed E-state index contributed by atoms with van der Waals surface area (Å²) in [5, 5.41) is 0. The second kappa shape index (κ2) is 3.79. The Labute approximate surface area is 56.6 Å². The Balaban J connectivity index is 3.92. The van der Waals surface area contributed by atoms with Gasteiger partial charge in [-0.2, -0.15) is 0 Å². The third-order valence-corrected chi connectivity index (χ3v) is 1.44. The standard InChI is InChI=1S/C7H12S/c1-4-7(5-2)6(3)8/h4H,5H2,1-3H3. The maximum Gasteiger partial charge on any atom is 0.0149 e. The van der Waals surface area contributed by atoms with Crippen LogP contribution in [0.1, 0.15) is 27.2 Å². The summed E-state index contributed by atoms with van der Waals surface area (Å²) >= 11 is 4.95. The van der Waals surface area contributed by atoms with E-state index < -0.39 is 0 Å². The highest BCUT2D eigenvalue weighted by Gasteiger charge is 1.90. The molecule has 0 saturated heterocycles. The molecule has 0 aromatic rings. The molecule has 8 heavy (non-hydrogen) atoms. The van der Waals surface area contributed by atoms with Crippen LogP contribution < -0.4 is 0 Å². The Morgan fingerprint density at radius 2 is 2.12 bits per heavy atom. The lowest BCUT2D eigenvalue weighted by Gasteiger charge is -1.96. The fourth-order valence-corrected chi connectivity index (χ4v) is 0.919. The zero-order valence-corrected chi connectivity index (χ0v) is 6.51. The van der Waals surface area contributed by atoms with E-state index in [0.29, 0.717) is 0 Å². The number of allylic oxidation sites excluding steroid dienone is 2. The lowest BCUT2D eigenvalue weighted by atomic mass is 10.1. The average Bonchev–Trinajstić information content (AvgIpc) is 1.69. The Bertz CT molecular complexity index is 112. The second-order valence-electron chi connectivity index (χ2n) is 1.72. The van der Waals surface area contributed by atoms with Gasteiger partial charge in [0, 0.05) is 4.86 Å². The Morgan fingerprint density at radius 1 is 1.62 bits per heavy atom. The maximum atomic E-state index is 4.95. The summed E-state index contributed by atoms with van der Waals surface area (Å²) in [7, 11) is 0. The third-order valence-electron chi connectivity index (χ3n) is 1.18. The molecule has 0 spiro atoms. The van der Waals surface area contributed by atoms with Gasteiger partial charge in [-0.1, -0.05) is 25.2 Å². The maximum absolute atomic E-state index is 4.95. The van der Waals surface area contributed by atoms with Gasteiger partial charge in [-0.3, -0.25) is 0 Å². The van der Waals surface area contributed by atoms with E-state index in [9.17, 15) is 0 Å². The quantitative estimate of drug-likeness (QED) is 0.407. The van der Waals surface area contributed by atoms with Gasteiger partial charge in [0.1, 0.15) is 0 Å². The fourth-order valence-electron chi connectivity index (χ4n) is 0.656. The van der Waals surface area contributed by atoms with E-state index in [1.165, 1.54) is 5.57 Å². The largest absolute Gasteiger partial charge is 0.0849 e. The summed E-state index contributed by atoms with van der Waals surface area (Å²) in [6.07, 6.45) is 3.13. The van der Waals surface area contributed by atoms with Crippen LogP contribution in [0.15, 0.2) is 11.6 Å². The van der Waals surface area contributed by atoms with Gasteiger partial charge in [-0.25, -0.2) is 0 Å². The average molecular weight is 128 g/mol. The van der Waals surface area contributed by atoms with Gasteiger partial charge in [-0.15, -0.1) is 0 Å². The van der Waals surface area contributed by atoms with Gasteiger partial charge in [-0.05, 0) is 25.8 Å². The van der Waals surface area contributed by atoms with Crippen LogP contribution in [0.5, 0.6) is 0 Å². The van der Waals surface area contributed by atoms with Crippen molar-refractivity contribution in [1.82, 2.24) is 0 Å². The zero-order chi connectivity index (χ0) is 6.57. The number of hydrogen-bond acceptors (Lipinski definition) is 1. The van der Waals surface area contributed by atoms with Crippen LogP contribution in [0.3, 0.4) is 0 Å². The minimum Gasteiger partial charge on any atom is -0.0849 e. The lowest BCUT2D eigenvalue weighted by molar-refractivity contribution is 1.17. The highest BCUT2D eigenvalue weighted by molar-refractivity contribution is 7.80. The number of hydrogen-bond donors (Lipinski definition) is 0. The molecule has 0 aromatic heterocycles. The normalized spacial score (nSPS) is 11.6. The van der Waals surface area contributed by atoms with Crippen LogP contribution in [0, 0.1) is 0 Å². The first kappa shape index (κ1) is 7.83.